The van der Waals surface area contributed by atoms with Crippen LogP contribution in [0.1, 0.15) is 19.3 Å². The molecule has 0 bridgehead atoms. The van der Waals surface area contributed by atoms with Gasteiger partial charge in [0.2, 0.25) is 0 Å². The van der Waals surface area contributed by atoms with Crippen molar-refractivity contribution in [1.29, 1.82) is 0 Å². The van der Waals surface area contributed by atoms with Gasteiger partial charge in [0.05, 0.1) is 0 Å². The molecule has 0 amide bonds. The summed E-state index contributed by atoms with van der Waals surface area (Å²) in [6.45, 7) is 0. The minimum Gasteiger partial charge on any atom is -0.288 e. The van der Waals surface area contributed by atoms with E-state index in [1.54, 1.807) is 0 Å². The van der Waals surface area contributed by atoms with Crippen LogP contribution in [0.2, 0.25) is 0 Å². The van der Waals surface area contributed by atoms with Crippen molar-refractivity contribution in [3.8, 4) is 0 Å². The molecule has 0 saturated carbocycles. The summed E-state index contributed by atoms with van der Waals surface area (Å²) in [5.74, 6) is 0. The van der Waals surface area contributed by atoms with Crippen LogP contribution in [-0.2, 0) is 0 Å². The molecule has 0 spiro atoms. The number of rotatable bonds is 1. The van der Waals surface area contributed by atoms with Crippen LogP contribution >= 0.6 is 0 Å². The van der Waals surface area contributed by atoms with Gasteiger partial charge in [-0.2, -0.15) is 0 Å². The Hall–Kier alpha value is -0.370. The number of aliphatic imine (C=N–C) groups is 1. The van der Waals surface area contributed by atoms with Gasteiger partial charge in [-0.1, -0.05) is 0 Å². The summed E-state index contributed by atoms with van der Waals surface area (Å²) in [5.41, 5.74) is 0. The van der Waals surface area contributed by atoms with Crippen molar-refractivity contribution < 1.29 is 0 Å². The van der Waals surface area contributed by atoms with Crippen LogP contribution in [0.4, 0.5) is 0 Å². The largest absolute Gasteiger partial charge is 0.288 e. The van der Waals surface area contributed by atoms with E-state index in [0.29, 0.717) is 6.17 Å². The molecular formula is C7H14N2. The van der Waals surface area contributed by atoms with E-state index >= 15 is 0 Å². The van der Waals surface area contributed by atoms with Crippen molar-refractivity contribution in [2.45, 2.75) is 25.4 Å². The molecule has 2 nitrogen and oxygen atoms in total. The zero-order valence-corrected chi connectivity index (χ0v) is 6.17. The molecular weight excluding hydrogens is 112 g/mol. The molecule has 1 aliphatic heterocycles. The Morgan fingerprint density at radius 1 is 1.56 bits per heavy atom. The highest BCUT2D eigenvalue weighted by atomic mass is 15.2. The van der Waals surface area contributed by atoms with Gasteiger partial charge in [-0.15, -0.1) is 0 Å². The molecule has 0 aromatic rings. The summed E-state index contributed by atoms with van der Waals surface area (Å²) < 4.78 is 0. The van der Waals surface area contributed by atoms with Crippen LogP contribution in [-0.4, -0.2) is 31.4 Å². The maximum atomic E-state index is 4.33. The summed E-state index contributed by atoms with van der Waals surface area (Å²) in [7, 11) is 4.15. The molecule has 1 heterocycles. The minimum absolute atomic E-state index is 0.457. The minimum atomic E-state index is 0.457. The maximum absolute atomic E-state index is 4.33. The Balaban J connectivity index is 2.40. The molecule has 0 saturated heterocycles. The zero-order chi connectivity index (χ0) is 6.69. The zero-order valence-electron chi connectivity index (χ0n) is 6.17. The van der Waals surface area contributed by atoms with Crippen LogP contribution in [0, 0.1) is 0 Å². The molecule has 0 aliphatic carbocycles. The fraction of sp³-hybridized carbons (Fsp3) is 0.857. The summed E-state index contributed by atoms with van der Waals surface area (Å²) in [6, 6.07) is 0. The maximum Gasteiger partial charge on any atom is 0.101 e. The monoisotopic (exact) mass is 126 g/mol. The first-order valence-corrected chi connectivity index (χ1v) is 3.49. The number of hydrogen-bond acceptors (Lipinski definition) is 2. The van der Waals surface area contributed by atoms with E-state index < -0.39 is 0 Å². The molecule has 0 aromatic carbocycles. The third kappa shape index (κ3) is 1.79. The lowest BCUT2D eigenvalue weighted by Gasteiger charge is -2.22. The average Bonchev–Trinajstić information content (AvgIpc) is 1.90. The second-order valence-corrected chi connectivity index (χ2v) is 2.71. The van der Waals surface area contributed by atoms with E-state index in [2.05, 4.69) is 24.0 Å². The first-order chi connectivity index (χ1) is 4.30. The molecule has 0 radical (unpaired) electrons. The van der Waals surface area contributed by atoms with Gasteiger partial charge in [0, 0.05) is 6.21 Å². The van der Waals surface area contributed by atoms with E-state index in [4.69, 9.17) is 0 Å². The topological polar surface area (TPSA) is 15.6 Å². The summed E-state index contributed by atoms with van der Waals surface area (Å²) in [5, 5.41) is 0. The predicted molar refractivity (Wildman–Crippen MR) is 39.8 cm³/mol. The van der Waals surface area contributed by atoms with Gasteiger partial charge in [-0.05, 0) is 33.4 Å². The number of hydrogen-bond donors (Lipinski definition) is 0. The van der Waals surface area contributed by atoms with Crippen molar-refractivity contribution >= 4 is 6.21 Å². The quantitative estimate of drug-likeness (QED) is 0.514. The van der Waals surface area contributed by atoms with E-state index in [9.17, 15) is 0 Å². The summed E-state index contributed by atoms with van der Waals surface area (Å²) in [4.78, 5) is 6.49. The third-order valence-electron chi connectivity index (χ3n) is 1.67. The van der Waals surface area contributed by atoms with E-state index in [1.165, 1.54) is 19.3 Å². The van der Waals surface area contributed by atoms with Crippen molar-refractivity contribution in [2.75, 3.05) is 14.1 Å². The second-order valence-electron chi connectivity index (χ2n) is 2.71. The van der Waals surface area contributed by atoms with Crippen molar-refractivity contribution in [1.82, 2.24) is 4.90 Å². The second kappa shape index (κ2) is 2.97. The lowest BCUT2D eigenvalue weighted by atomic mass is 10.1. The van der Waals surface area contributed by atoms with Crippen LogP contribution in [0.5, 0.6) is 0 Å². The summed E-state index contributed by atoms with van der Waals surface area (Å²) >= 11 is 0. The SMILES string of the molecule is CN(C)C1CCCC=N1. The van der Waals surface area contributed by atoms with Crippen molar-refractivity contribution in [2.24, 2.45) is 4.99 Å². The highest BCUT2D eigenvalue weighted by Gasteiger charge is 2.09. The van der Waals surface area contributed by atoms with Gasteiger partial charge < -0.3 is 0 Å². The molecule has 0 fully saturated rings. The highest BCUT2D eigenvalue weighted by Crippen LogP contribution is 2.10. The molecule has 1 unspecified atom stereocenters. The molecule has 9 heavy (non-hydrogen) atoms. The Bertz CT molecular complexity index is 107. The fourth-order valence-electron chi connectivity index (χ4n) is 1.05. The number of nitrogens with zero attached hydrogens (tertiary/aromatic N) is 2. The lowest BCUT2D eigenvalue weighted by Crippen LogP contribution is -2.27. The van der Waals surface area contributed by atoms with Crippen LogP contribution < -0.4 is 0 Å². The van der Waals surface area contributed by atoms with Crippen LogP contribution in [0.15, 0.2) is 4.99 Å². The normalized spacial score (nSPS) is 27.2. The van der Waals surface area contributed by atoms with E-state index in [-0.39, 0.29) is 0 Å². The van der Waals surface area contributed by atoms with Gasteiger partial charge in [0.15, 0.2) is 0 Å². The Morgan fingerprint density at radius 3 is 2.67 bits per heavy atom. The van der Waals surface area contributed by atoms with Crippen molar-refractivity contribution in [3.05, 3.63) is 0 Å². The Morgan fingerprint density at radius 2 is 2.33 bits per heavy atom. The first-order valence-electron chi connectivity index (χ1n) is 3.49. The predicted octanol–water partition coefficient (Wildman–Crippen LogP) is 1.13. The van der Waals surface area contributed by atoms with Gasteiger partial charge in [-0.25, -0.2) is 0 Å². The Labute approximate surface area is 56.6 Å². The first kappa shape index (κ1) is 6.75. The summed E-state index contributed by atoms with van der Waals surface area (Å²) in [6.07, 6.45) is 6.19. The van der Waals surface area contributed by atoms with E-state index in [0.717, 1.165) is 0 Å². The molecule has 52 valence electrons. The standard InChI is InChI=1S/C7H14N2/c1-9(2)7-5-3-4-6-8-7/h6-7H,3-5H2,1-2H3. The smallest absolute Gasteiger partial charge is 0.101 e. The molecule has 2 heteroatoms. The van der Waals surface area contributed by atoms with Crippen LogP contribution in [0.3, 0.4) is 0 Å². The van der Waals surface area contributed by atoms with E-state index in [1.807, 2.05) is 6.21 Å². The molecule has 1 rings (SSSR count). The van der Waals surface area contributed by atoms with Gasteiger partial charge in [0.1, 0.15) is 6.17 Å². The van der Waals surface area contributed by atoms with Gasteiger partial charge in [-0.3, -0.25) is 9.89 Å². The highest BCUT2D eigenvalue weighted by molar-refractivity contribution is 5.58. The lowest BCUT2D eigenvalue weighted by molar-refractivity contribution is 0.279. The molecule has 1 atom stereocenters. The van der Waals surface area contributed by atoms with Gasteiger partial charge >= 0.3 is 0 Å². The average molecular weight is 126 g/mol. The van der Waals surface area contributed by atoms with Crippen LogP contribution in [0.25, 0.3) is 0 Å². The Kier molecular flexibility index (Phi) is 2.22. The molecule has 1 aliphatic rings. The van der Waals surface area contributed by atoms with Crippen molar-refractivity contribution in [3.63, 3.8) is 0 Å². The van der Waals surface area contributed by atoms with Gasteiger partial charge in [0.25, 0.3) is 0 Å². The fourth-order valence-corrected chi connectivity index (χ4v) is 1.05. The molecule has 0 aromatic heterocycles. The third-order valence-corrected chi connectivity index (χ3v) is 1.67. The molecule has 0 N–H and O–H groups in total.